The van der Waals surface area contributed by atoms with Gasteiger partial charge in [-0.2, -0.15) is 0 Å². The van der Waals surface area contributed by atoms with Crippen molar-refractivity contribution in [2.45, 2.75) is 51.2 Å². The molecule has 0 bridgehead atoms. The summed E-state index contributed by atoms with van der Waals surface area (Å²) in [6, 6.07) is 21.2. The second-order valence-electron chi connectivity index (χ2n) is 7.05. The highest BCUT2D eigenvalue weighted by atomic mass is 16.4. The summed E-state index contributed by atoms with van der Waals surface area (Å²) in [6.07, 6.45) is 6.50. The third-order valence-corrected chi connectivity index (χ3v) is 5.15. The molecule has 2 aromatic carbocycles. The monoisotopic (exact) mass is 347 g/mol. The molecule has 4 nitrogen and oxygen atoms in total. The van der Waals surface area contributed by atoms with Crippen LogP contribution in [0.4, 0.5) is 0 Å². The van der Waals surface area contributed by atoms with Crippen molar-refractivity contribution in [2.75, 3.05) is 0 Å². The first-order chi connectivity index (χ1) is 12.9. The smallest absolute Gasteiger partial charge is 0.247 e. The summed E-state index contributed by atoms with van der Waals surface area (Å²) >= 11 is 0. The Labute approximate surface area is 154 Å². The van der Waals surface area contributed by atoms with Crippen molar-refractivity contribution in [3.63, 3.8) is 0 Å². The van der Waals surface area contributed by atoms with Crippen molar-refractivity contribution in [1.29, 1.82) is 0 Å². The highest BCUT2D eigenvalue weighted by Crippen LogP contribution is 2.26. The largest absolute Gasteiger partial charge is 0.419 e. The Morgan fingerprint density at radius 2 is 1.50 bits per heavy atom. The van der Waals surface area contributed by atoms with Gasteiger partial charge in [-0.05, 0) is 30.5 Å². The van der Waals surface area contributed by atoms with Gasteiger partial charge in [-0.25, -0.2) is 0 Å². The molecule has 0 spiro atoms. The van der Waals surface area contributed by atoms with E-state index in [-0.39, 0.29) is 0 Å². The lowest BCUT2D eigenvalue weighted by molar-refractivity contribution is 0.128. The lowest BCUT2D eigenvalue weighted by Crippen LogP contribution is -2.36. The van der Waals surface area contributed by atoms with Gasteiger partial charge in [-0.1, -0.05) is 67.8 Å². The molecule has 4 heteroatoms. The first-order valence-electron chi connectivity index (χ1n) is 9.54. The van der Waals surface area contributed by atoms with Crippen LogP contribution in [-0.2, 0) is 13.1 Å². The van der Waals surface area contributed by atoms with Crippen molar-refractivity contribution in [3.8, 4) is 11.5 Å². The van der Waals surface area contributed by atoms with Crippen molar-refractivity contribution in [2.24, 2.45) is 0 Å². The highest BCUT2D eigenvalue weighted by Gasteiger charge is 2.23. The molecule has 0 atom stereocenters. The van der Waals surface area contributed by atoms with E-state index in [1.807, 2.05) is 30.3 Å². The normalized spacial score (nSPS) is 15.4. The number of hydrogen-bond acceptors (Lipinski definition) is 4. The van der Waals surface area contributed by atoms with E-state index in [0.717, 1.165) is 12.1 Å². The Morgan fingerprint density at radius 1 is 0.808 bits per heavy atom. The Hall–Kier alpha value is -2.46. The van der Waals surface area contributed by atoms with Crippen LogP contribution in [0.1, 0.15) is 43.6 Å². The Balaban J connectivity index is 1.51. The van der Waals surface area contributed by atoms with E-state index in [1.54, 1.807) is 0 Å². The van der Waals surface area contributed by atoms with E-state index in [9.17, 15) is 0 Å². The molecule has 0 saturated heterocycles. The van der Waals surface area contributed by atoms with Crippen molar-refractivity contribution in [1.82, 2.24) is 15.1 Å². The summed E-state index contributed by atoms with van der Waals surface area (Å²) in [4.78, 5) is 2.51. The first-order valence-corrected chi connectivity index (χ1v) is 9.54. The average Bonchev–Trinajstić information content (AvgIpc) is 3.18. The number of hydrogen-bond donors (Lipinski definition) is 0. The van der Waals surface area contributed by atoms with Crippen LogP contribution < -0.4 is 0 Å². The summed E-state index contributed by atoms with van der Waals surface area (Å²) < 4.78 is 5.96. The van der Waals surface area contributed by atoms with E-state index < -0.39 is 0 Å². The fourth-order valence-electron chi connectivity index (χ4n) is 3.77. The summed E-state index contributed by atoms with van der Waals surface area (Å²) in [7, 11) is 0. The molecule has 1 aliphatic rings. The fraction of sp³-hybridized carbons (Fsp3) is 0.364. The van der Waals surface area contributed by atoms with Crippen LogP contribution >= 0.6 is 0 Å². The van der Waals surface area contributed by atoms with Gasteiger partial charge in [-0.15, -0.1) is 10.2 Å². The minimum absolute atomic E-state index is 0.594. The Kier molecular flexibility index (Phi) is 5.41. The van der Waals surface area contributed by atoms with Crippen LogP contribution in [0.15, 0.2) is 65.1 Å². The third-order valence-electron chi connectivity index (χ3n) is 5.15. The zero-order chi connectivity index (χ0) is 17.6. The second-order valence-corrected chi connectivity index (χ2v) is 7.05. The van der Waals surface area contributed by atoms with Gasteiger partial charge in [0.2, 0.25) is 11.8 Å². The van der Waals surface area contributed by atoms with Crippen LogP contribution in [-0.4, -0.2) is 21.1 Å². The van der Waals surface area contributed by atoms with Gasteiger partial charge in [0.15, 0.2) is 0 Å². The molecule has 0 unspecified atom stereocenters. The maximum atomic E-state index is 5.96. The molecular weight excluding hydrogens is 322 g/mol. The predicted octanol–water partition coefficient (Wildman–Crippen LogP) is 5.07. The number of aromatic nitrogens is 2. The van der Waals surface area contributed by atoms with Gasteiger partial charge in [0.1, 0.15) is 0 Å². The van der Waals surface area contributed by atoms with E-state index in [1.165, 1.54) is 37.7 Å². The van der Waals surface area contributed by atoms with E-state index in [4.69, 9.17) is 4.42 Å². The Morgan fingerprint density at radius 3 is 2.23 bits per heavy atom. The van der Waals surface area contributed by atoms with E-state index in [2.05, 4.69) is 45.4 Å². The molecule has 1 saturated carbocycles. The molecule has 0 radical (unpaired) electrons. The highest BCUT2D eigenvalue weighted by molar-refractivity contribution is 5.51. The van der Waals surface area contributed by atoms with Crippen molar-refractivity contribution in [3.05, 3.63) is 72.1 Å². The van der Waals surface area contributed by atoms with Crippen LogP contribution in [0.5, 0.6) is 0 Å². The molecule has 0 N–H and O–H groups in total. The first kappa shape index (κ1) is 17.0. The van der Waals surface area contributed by atoms with Crippen LogP contribution in [0.3, 0.4) is 0 Å². The maximum absolute atomic E-state index is 5.96. The number of nitrogens with zero attached hydrogens (tertiary/aromatic N) is 3. The lowest BCUT2D eigenvalue weighted by Gasteiger charge is -2.33. The molecule has 26 heavy (non-hydrogen) atoms. The second kappa shape index (κ2) is 8.28. The van der Waals surface area contributed by atoms with Gasteiger partial charge >= 0.3 is 0 Å². The molecule has 1 fully saturated rings. The zero-order valence-corrected chi connectivity index (χ0v) is 15.1. The molecule has 134 valence electrons. The quantitative estimate of drug-likeness (QED) is 0.624. The molecule has 0 amide bonds. The van der Waals surface area contributed by atoms with Gasteiger partial charge in [0.05, 0.1) is 6.54 Å². The minimum Gasteiger partial charge on any atom is -0.419 e. The van der Waals surface area contributed by atoms with Crippen LogP contribution in [0.25, 0.3) is 11.5 Å². The third kappa shape index (κ3) is 4.20. The summed E-state index contributed by atoms with van der Waals surface area (Å²) in [5.41, 5.74) is 2.30. The molecule has 4 rings (SSSR count). The van der Waals surface area contributed by atoms with Crippen molar-refractivity contribution < 1.29 is 4.42 Å². The van der Waals surface area contributed by atoms with Crippen LogP contribution in [0.2, 0.25) is 0 Å². The average molecular weight is 347 g/mol. The molecular formula is C22H25N3O. The number of benzene rings is 2. The molecule has 1 aromatic heterocycles. The summed E-state index contributed by atoms with van der Waals surface area (Å²) in [5.74, 6) is 1.30. The van der Waals surface area contributed by atoms with Crippen LogP contribution in [0, 0.1) is 0 Å². The summed E-state index contributed by atoms with van der Waals surface area (Å²) in [6.45, 7) is 1.63. The number of rotatable bonds is 6. The lowest BCUT2D eigenvalue weighted by atomic mass is 9.94. The van der Waals surface area contributed by atoms with Crippen molar-refractivity contribution >= 4 is 0 Å². The Bertz CT molecular complexity index is 795. The van der Waals surface area contributed by atoms with E-state index in [0.29, 0.717) is 24.4 Å². The molecule has 1 heterocycles. The van der Waals surface area contributed by atoms with Gasteiger partial charge in [0.25, 0.3) is 0 Å². The molecule has 3 aromatic rings. The topological polar surface area (TPSA) is 42.2 Å². The van der Waals surface area contributed by atoms with Gasteiger partial charge in [-0.3, -0.25) is 4.90 Å². The van der Waals surface area contributed by atoms with Gasteiger partial charge < -0.3 is 4.42 Å². The van der Waals surface area contributed by atoms with E-state index >= 15 is 0 Å². The van der Waals surface area contributed by atoms with Gasteiger partial charge in [0, 0.05) is 18.2 Å². The maximum Gasteiger partial charge on any atom is 0.247 e. The molecule has 0 aliphatic heterocycles. The minimum atomic E-state index is 0.594. The predicted molar refractivity (Wildman–Crippen MR) is 102 cm³/mol. The summed E-state index contributed by atoms with van der Waals surface area (Å²) in [5, 5.41) is 8.56. The molecule has 1 aliphatic carbocycles. The SMILES string of the molecule is c1ccc(CN(Cc2nnc(-c3ccccc3)o2)C2CCCCC2)cc1. The standard InChI is InChI=1S/C22H25N3O/c1-4-10-18(11-5-1)16-25(20-14-8-3-9-15-20)17-21-23-24-22(26-21)19-12-6-2-7-13-19/h1-2,4-7,10-13,20H,3,8-9,14-17H2. The zero-order valence-electron chi connectivity index (χ0n) is 15.1. The fourth-order valence-corrected chi connectivity index (χ4v) is 3.77.